The first kappa shape index (κ1) is 12.1. The van der Waals surface area contributed by atoms with Gasteiger partial charge in [-0.05, 0) is 36.4 Å². The Labute approximate surface area is 105 Å². The molecule has 0 spiro atoms. The fourth-order valence-corrected chi connectivity index (χ4v) is 2.84. The number of pyridine rings is 1. The first-order valence-corrected chi connectivity index (χ1v) is 7.65. The van der Waals surface area contributed by atoms with E-state index in [-0.39, 0.29) is 0 Å². The van der Waals surface area contributed by atoms with Crippen LogP contribution in [0.1, 0.15) is 0 Å². The largest absolute Gasteiger partial charge is 0.255 e. The molecule has 0 aliphatic rings. The van der Waals surface area contributed by atoms with E-state index in [0.717, 1.165) is 4.90 Å². The molecular formula is C12H11NO2S2. The van der Waals surface area contributed by atoms with Gasteiger partial charge in [0, 0.05) is 33.0 Å². The van der Waals surface area contributed by atoms with Gasteiger partial charge in [0.2, 0.25) is 0 Å². The molecule has 0 bridgehead atoms. The minimum Gasteiger partial charge on any atom is -0.255 e. The molecule has 2 rings (SSSR count). The highest BCUT2D eigenvalue weighted by atomic mass is 32.2. The van der Waals surface area contributed by atoms with Crippen LogP contribution < -0.4 is 0 Å². The summed E-state index contributed by atoms with van der Waals surface area (Å²) < 4.78 is 23.3. The van der Waals surface area contributed by atoms with Crippen molar-refractivity contribution in [3.05, 3.63) is 48.7 Å². The maximum Gasteiger partial charge on any atom is 0.132 e. The molecule has 3 nitrogen and oxygen atoms in total. The number of hydrogen-bond donors (Lipinski definition) is 0. The average Bonchev–Trinajstić information content (AvgIpc) is 2.39. The summed E-state index contributed by atoms with van der Waals surface area (Å²) in [6.45, 7) is 0. The van der Waals surface area contributed by atoms with Gasteiger partial charge >= 0.3 is 0 Å². The van der Waals surface area contributed by atoms with E-state index in [0.29, 0.717) is 9.92 Å². The highest BCUT2D eigenvalue weighted by molar-refractivity contribution is 7.85. The van der Waals surface area contributed by atoms with Crippen LogP contribution in [0.3, 0.4) is 0 Å². The van der Waals surface area contributed by atoms with Gasteiger partial charge < -0.3 is 0 Å². The van der Waals surface area contributed by atoms with Crippen molar-refractivity contribution in [2.24, 2.45) is 0 Å². The number of benzene rings is 1. The topological polar surface area (TPSA) is 47.0 Å². The van der Waals surface area contributed by atoms with Crippen LogP contribution in [-0.4, -0.2) is 19.7 Å². The van der Waals surface area contributed by atoms with Crippen LogP contribution in [0, 0.1) is 0 Å². The molecule has 2 aromatic rings. The Morgan fingerprint density at radius 3 is 2.12 bits per heavy atom. The summed E-state index contributed by atoms with van der Waals surface area (Å²) in [4.78, 5) is 5.45. The van der Waals surface area contributed by atoms with Gasteiger partial charge in [0.15, 0.2) is 0 Å². The maximum absolute atomic E-state index is 12.1. The van der Waals surface area contributed by atoms with Gasteiger partial charge in [0.05, 0.1) is 0 Å². The second kappa shape index (κ2) is 5.33. The summed E-state index contributed by atoms with van der Waals surface area (Å²) in [5, 5.41) is 0.526. The van der Waals surface area contributed by atoms with Gasteiger partial charge in [-0.15, -0.1) is 0 Å². The van der Waals surface area contributed by atoms with Crippen molar-refractivity contribution in [3.63, 3.8) is 0 Å². The minimum absolute atomic E-state index is 0.526. The lowest BCUT2D eigenvalue weighted by atomic mass is 10.4. The third-order valence-corrected chi connectivity index (χ3v) is 4.46. The molecule has 17 heavy (non-hydrogen) atoms. The van der Waals surface area contributed by atoms with Gasteiger partial charge in [-0.25, -0.2) is 9.19 Å². The predicted molar refractivity (Wildman–Crippen MR) is 67.7 cm³/mol. The molecule has 0 aliphatic carbocycles. The third kappa shape index (κ3) is 2.87. The summed E-state index contributed by atoms with van der Waals surface area (Å²) in [6.07, 6.45) is 3.23. The summed E-state index contributed by atoms with van der Waals surface area (Å²) in [5.74, 6) is 0. The molecule has 0 aliphatic heterocycles. The van der Waals surface area contributed by atoms with Crippen molar-refractivity contribution in [1.82, 2.24) is 4.98 Å². The SMILES string of the molecule is CS(=O)c1ccc(S(=O)c2ccccn2)cc1. The molecule has 2 unspecified atom stereocenters. The van der Waals surface area contributed by atoms with Crippen molar-refractivity contribution in [1.29, 1.82) is 0 Å². The van der Waals surface area contributed by atoms with Gasteiger partial charge in [0.1, 0.15) is 15.8 Å². The van der Waals surface area contributed by atoms with E-state index in [1.54, 1.807) is 54.9 Å². The number of aromatic nitrogens is 1. The second-order valence-electron chi connectivity index (χ2n) is 3.36. The van der Waals surface area contributed by atoms with Crippen LogP contribution in [0.2, 0.25) is 0 Å². The van der Waals surface area contributed by atoms with E-state index in [9.17, 15) is 8.42 Å². The van der Waals surface area contributed by atoms with E-state index < -0.39 is 21.6 Å². The molecule has 0 radical (unpaired) electrons. The molecule has 0 amide bonds. The van der Waals surface area contributed by atoms with Crippen molar-refractivity contribution in [2.45, 2.75) is 14.8 Å². The third-order valence-electron chi connectivity index (χ3n) is 2.20. The van der Waals surface area contributed by atoms with Crippen LogP contribution >= 0.6 is 0 Å². The Morgan fingerprint density at radius 1 is 0.941 bits per heavy atom. The van der Waals surface area contributed by atoms with E-state index in [4.69, 9.17) is 0 Å². The standard InChI is InChI=1S/C12H11NO2S2/c1-16(14)10-5-7-11(8-6-10)17(15)12-4-2-3-9-13-12/h2-9H,1H3. The number of hydrogen-bond acceptors (Lipinski definition) is 3. The van der Waals surface area contributed by atoms with Crippen LogP contribution in [0.5, 0.6) is 0 Å². The quantitative estimate of drug-likeness (QED) is 0.852. The van der Waals surface area contributed by atoms with Crippen LogP contribution in [0.25, 0.3) is 0 Å². The number of rotatable bonds is 3. The van der Waals surface area contributed by atoms with Crippen LogP contribution in [0.4, 0.5) is 0 Å². The van der Waals surface area contributed by atoms with Gasteiger partial charge in [-0.3, -0.25) is 4.21 Å². The minimum atomic E-state index is -1.28. The lowest BCUT2D eigenvalue weighted by Crippen LogP contribution is -1.96. The molecule has 2 atom stereocenters. The average molecular weight is 265 g/mol. The smallest absolute Gasteiger partial charge is 0.132 e. The monoisotopic (exact) mass is 265 g/mol. The molecule has 0 N–H and O–H groups in total. The van der Waals surface area contributed by atoms with E-state index in [2.05, 4.69) is 4.98 Å². The molecule has 1 aromatic carbocycles. The molecule has 0 saturated carbocycles. The Kier molecular flexibility index (Phi) is 3.81. The normalized spacial score (nSPS) is 14.2. The predicted octanol–water partition coefficient (Wildman–Crippen LogP) is 1.99. The lowest BCUT2D eigenvalue weighted by molar-refractivity contribution is 0.679. The zero-order valence-corrected chi connectivity index (χ0v) is 10.8. The zero-order valence-electron chi connectivity index (χ0n) is 9.20. The second-order valence-corrected chi connectivity index (χ2v) is 6.17. The number of nitrogens with zero attached hydrogens (tertiary/aromatic N) is 1. The summed E-state index contributed by atoms with van der Waals surface area (Å²) in [7, 11) is -2.29. The molecular weight excluding hydrogens is 254 g/mol. The van der Waals surface area contributed by atoms with E-state index in [1.807, 2.05) is 0 Å². The summed E-state index contributed by atoms with van der Waals surface area (Å²) in [5.41, 5.74) is 0. The summed E-state index contributed by atoms with van der Waals surface area (Å²) in [6, 6.07) is 12.2. The highest BCUT2D eigenvalue weighted by Gasteiger charge is 2.08. The van der Waals surface area contributed by atoms with Gasteiger partial charge in [-0.1, -0.05) is 6.07 Å². The molecule has 5 heteroatoms. The fraction of sp³-hybridized carbons (Fsp3) is 0.0833. The van der Waals surface area contributed by atoms with Crippen molar-refractivity contribution in [3.8, 4) is 0 Å². The van der Waals surface area contributed by atoms with E-state index >= 15 is 0 Å². The van der Waals surface area contributed by atoms with Crippen molar-refractivity contribution in [2.75, 3.05) is 6.26 Å². The molecule has 0 saturated heterocycles. The van der Waals surface area contributed by atoms with Crippen LogP contribution in [-0.2, 0) is 21.6 Å². The molecule has 1 heterocycles. The van der Waals surface area contributed by atoms with Crippen molar-refractivity contribution < 1.29 is 8.42 Å². The first-order chi connectivity index (χ1) is 8.18. The first-order valence-electron chi connectivity index (χ1n) is 4.95. The Morgan fingerprint density at radius 2 is 1.59 bits per heavy atom. The highest BCUT2D eigenvalue weighted by Crippen LogP contribution is 2.15. The lowest BCUT2D eigenvalue weighted by Gasteiger charge is -2.02. The Bertz CT molecular complexity index is 552. The van der Waals surface area contributed by atoms with Gasteiger partial charge in [0.25, 0.3) is 0 Å². The zero-order chi connectivity index (χ0) is 12.3. The van der Waals surface area contributed by atoms with Crippen LogP contribution in [0.15, 0.2) is 63.5 Å². The molecule has 0 fully saturated rings. The van der Waals surface area contributed by atoms with Crippen molar-refractivity contribution >= 4 is 21.6 Å². The van der Waals surface area contributed by atoms with E-state index in [1.165, 1.54) is 0 Å². The molecule has 1 aromatic heterocycles. The fourth-order valence-electron chi connectivity index (χ4n) is 1.33. The Balaban J connectivity index is 2.30. The van der Waals surface area contributed by atoms with Gasteiger partial charge in [-0.2, -0.15) is 0 Å². The molecule has 88 valence electrons. The maximum atomic E-state index is 12.1. The summed E-state index contributed by atoms with van der Waals surface area (Å²) >= 11 is 0. The Hall–Kier alpha value is -1.33.